The molecule has 0 bridgehead atoms. The predicted octanol–water partition coefficient (Wildman–Crippen LogP) is 3.16. The van der Waals surface area contributed by atoms with E-state index in [9.17, 15) is 13.2 Å². The van der Waals surface area contributed by atoms with Gasteiger partial charge in [0, 0.05) is 19.3 Å². The highest BCUT2D eigenvalue weighted by molar-refractivity contribution is 7.92. The van der Waals surface area contributed by atoms with E-state index >= 15 is 0 Å². The van der Waals surface area contributed by atoms with Gasteiger partial charge in [0.15, 0.2) is 0 Å². The van der Waals surface area contributed by atoms with E-state index in [2.05, 4.69) is 0 Å². The van der Waals surface area contributed by atoms with Gasteiger partial charge in [-0.15, -0.1) is 0 Å². The number of rotatable bonds is 5. The van der Waals surface area contributed by atoms with Crippen LogP contribution in [0, 0.1) is 0 Å². The molecule has 0 unspecified atom stereocenters. The van der Waals surface area contributed by atoms with E-state index in [1.54, 1.807) is 68.4 Å². The van der Waals surface area contributed by atoms with Gasteiger partial charge in [0.05, 0.1) is 23.1 Å². The minimum atomic E-state index is -3.77. The lowest BCUT2D eigenvalue weighted by Crippen LogP contribution is -2.33. The first-order valence-electron chi connectivity index (χ1n) is 8.74. The highest BCUT2D eigenvalue weighted by atomic mass is 32.2. The zero-order chi connectivity index (χ0) is 20.0. The lowest BCUT2D eigenvalue weighted by Gasteiger charge is -2.24. The zero-order valence-electron chi connectivity index (χ0n) is 16.2. The van der Waals surface area contributed by atoms with Gasteiger partial charge >= 0.3 is 0 Å². The van der Waals surface area contributed by atoms with E-state index < -0.39 is 15.4 Å². The fourth-order valence-electron chi connectivity index (χ4n) is 3.48. The number of carbonyl (C=O) groups excluding carboxylic acids is 1. The van der Waals surface area contributed by atoms with Crippen LogP contribution in [0.2, 0.25) is 0 Å². The number of hydrogen-bond acceptors (Lipinski definition) is 4. The Kier molecular flexibility index (Phi) is 4.67. The maximum Gasteiger partial charge on any atom is 0.264 e. The summed E-state index contributed by atoms with van der Waals surface area (Å²) < 4.78 is 33.1. The summed E-state index contributed by atoms with van der Waals surface area (Å²) in [4.78, 5) is 14.2. The molecule has 6 nitrogen and oxygen atoms in total. The Morgan fingerprint density at radius 3 is 2.30 bits per heavy atom. The summed E-state index contributed by atoms with van der Waals surface area (Å²) in [5.74, 6) is 0.614. The largest absolute Gasteiger partial charge is 0.497 e. The smallest absolute Gasteiger partial charge is 0.264 e. The molecule has 1 aliphatic heterocycles. The van der Waals surface area contributed by atoms with Crippen molar-refractivity contribution in [1.29, 1.82) is 0 Å². The Bertz CT molecular complexity index is 982. The second-order valence-electron chi connectivity index (χ2n) is 7.04. The van der Waals surface area contributed by atoms with Crippen molar-refractivity contribution in [2.24, 2.45) is 0 Å². The highest BCUT2D eigenvalue weighted by Crippen LogP contribution is 2.42. The third-order valence-electron chi connectivity index (χ3n) is 5.08. The molecule has 2 aromatic rings. The summed E-state index contributed by atoms with van der Waals surface area (Å²) in [5, 5.41) is 0. The van der Waals surface area contributed by atoms with Crippen LogP contribution in [-0.2, 0) is 20.2 Å². The molecule has 0 aromatic heterocycles. The molecule has 0 aliphatic carbocycles. The maximum atomic E-state index is 13.3. The molecule has 0 saturated heterocycles. The van der Waals surface area contributed by atoms with Crippen molar-refractivity contribution in [3.05, 3.63) is 48.0 Å². The summed E-state index contributed by atoms with van der Waals surface area (Å²) >= 11 is 0. The Labute approximate surface area is 160 Å². The van der Waals surface area contributed by atoms with E-state index in [-0.39, 0.29) is 17.3 Å². The molecular weight excluding hydrogens is 364 g/mol. The maximum absolute atomic E-state index is 13.3. The molecule has 3 rings (SSSR count). The average Bonchev–Trinajstić information content (AvgIpc) is 2.83. The van der Waals surface area contributed by atoms with Gasteiger partial charge in [0.25, 0.3) is 10.0 Å². The van der Waals surface area contributed by atoms with Crippen LogP contribution in [0.5, 0.6) is 5.75 Å². The number of methoxy groups -OCH3 is 1. The Hall–Kier alpha value is -2.54. The predicted molar refractivity (Wildman–Crippen MR) is 106 cm³/mol. The molecule has 7 heteroatoms. The van der Waals surface area contributed by atoms with Crippen LogP contribution >= 0.6 is 0 Å². The third kappa shape index (κ3) is 2.96. The fourth-order valence-corrected chi connectivity index (χ4v) is 4.98. The molecule has 0 atom stereocenters. The molecule has 0 saturated carbocycles. The van der Waals surface area contributed by atoms with Crippen LogP contribution in [0.15, 0.2) is 47.4 Å². The molecular formula is C20H24N2O4S. The number of hydrogen-bond donors (Lipinski definition) is 0. The van der Waals surface area contributed by atoms with E-state index in [4.69, 9.17) is 4.74 Å². The SMILES string of the molecule is CCN(c1ccc(OC)cc1)S(=O)(=O)c1ccc2c(c1)C(C)(C)C(=O)N2C. The zero-order valence-corrected chi connectivity index (χ0v) is 17.0. The van der Waals surface area contributed by atoms with E-state index in [1.807, 2.05) is 13.8 Å². The highest BCUT2D eigenvalue weighted by Gasteiger charge is 2.43. The quantitative estimate of drug-likeness (QED) is 0.789. The van der Waals surface area contributed by atoms with Gasteiger partial charge in [-0.2, -0.15) is 0 Å². The van der Waals surface area contributed by atoms with Crippen molar-refractivity contribution in [3.8, 4) is 5.75 Å². The number of anilines is 2. The summed E-state index contributed by atoms with van der Waals surface area (Å²) in [6, 6.07) is 11.8. The van der Waals surface area contributed by atoms with Crippen LogP contribution < -0.4 is 13.9 Å². The lowest BCUT2D eigenvalue weighted by atomic mass is 9.86. The Morgan fingerprint density at radius 2 is 1.74 bits per heavy atom. The Morgan fingerprint density at radius 1 is 1.11 bits per heavy atom. The topological polar surface area (TPSA) is 66.9 Å². The van der Waals surface area contributed by atoms with E-state index in [0.29, 0.717) is 11.4 Å². The van der Waals surface area contributed by atoms with Crippen LogP contribution in [0.4, 0.5) is 11.4 Å². The minimum Gasteiger partial charge on any atom is -0.497 e. The van der Waals surface area contributed by atoms with Crippen LogP contribution in [0.25, 0.3) is 0 Å². The van der Waals surface area contributed by atoms with Crippen LogP contribution in [0.1, 0.15) is 26.3 Å². The second kappa shape index (κ2) is 6.56. The number of fused-ring (bicyclic) bond motifs is 1. The number of ether oxygens (including phenoxy) is 1. The van der Waals surface area contributed by atoms with Gasteiger partial charge in [0.1, 0.15) is 5.75 Å². The molecule has 1 aliphatic rings. The van der Waals surface area contributed by atoms with Gasteiger partial charge in [-0.1, -0.05) is 0 Å². The van der Waals surface area contributed by atoms with Gasteiger partial charge in [-0.05, 0) is 68.8 Å². The standard InChI is InChI=1S/C20H24N2O4S/c1-6-22(14-7-9-15(26-5)10-8-14)27(24,25)16-11-12-18-17(13-16)20(2,3)19(23)21(18)4/h7-13H,6H2,1-5H3. The minimum absolute atomic E-state index is 0.0467. The number of likely N-dealkylation sites (N-methyl/N-ethyl adjacent to an activating group) is 1. The normalized spacial score (nSPS) is 15.6. The van der Waals surface area contributed by atoms with Crippen LogP contribution in [-0.4, -0.2) is 35.0 Å². The third-order valence-corrected chi connectivity index (χ3v) is 6.98. The van der Waals surface area contributed by atoms with Gasteiger partial charge in [0.2, 0.25) is 5.91 Å². The summed E-state index contributed by atoms with van der Waals surface area (Å²) in [6.07, 6.45) is 0. The molecule has 1 heterocycles. The molecule has 0 radical (unpaired) electrons. The first-order valence-corrected chi connectivity index (χ1v) is 10.2. The van der Waals surface area contributed by atoms with Crippen molar-refractivity contribution in [2.75, 3.05) is 29.9 Å². The summed E-state index contributed by atoms with van der Waals surface area (Å²) in [7, 11) is -0.496. The molecule has 144 valence electrons. The Balaban J connectivity index is 2.07. The molecule has 0 N–H and O–H groups in total. The molecule has 2 aromatic carbocycles. The number of amides is 1. The van der Waals surface area contributed by atoms with Crippen molar-refractivity contribution >= 4 is 27.3 Å². The average molecular weight is 388 g/mol. The lowest BCUT2D eigenvalue weighted by molar-refractivity contribution is -0.121. The van der Waals surface area contributed by atoms with Crippen molar-refractivity contribution in [1.82, 2.24) is 0 Å². The number of carbonyl (C=O) groups is 1. The number of benzene rings is 2. The van der Waals surface area contributed by atoms with E-state index in [1.165, 1.54) is 4.31 Å². The summed E-state index contributed by atoms with van der Waals surface area (Å²) in [5.41, 5.74) is 1.27. The monoisotopic (exact) mass is 388 g/mol. The summed E-state index contributed by atoms with van der Waals surface area (Å²) in [6.45, 7) is 5.70. The van der Waals surface area contributed by atoms with Crippen molar-refractivity contribution < 1.29 is 17.9 Å². The fraction of sp³-hybridized carbons (Fsp3) is 0.350. The van der Waals surface area contributed by atoms with E-state index in [0.717, 1.165) is 11.3 Å². The first kappa shape index (κ1) is 19.2. The molecule has 0 fully saturated rings. The molecule has 0 spiro atoms. The van der Waals surface area contributed by atoms with Gasteiger partial charge in [-0.3, -0.25) is 9.10 Å². The first-order chi connectivity index (χ1) is 12.6. The van der Waals surface area contributed by atoms with Gasteiger partial charge < -0.3 is 9.64 Å². The number of sulfonamides is 1. The van der Waals surface area contributed by atoms with Crippen LogP contribution in [0.3, 0.4) is 0 Å². The second-order valence-corrected chi connectivity index (χ2v) is 8.90. The van der Waals surface area contributed by atoms with Gasteiger partial charge in [-0.25, -0.2) is 8.42 Å². The van der Waals surface area contributed by atoms with Crippen molar-refractivity contribution in [3.63, 3.8) is 0 Å². The van der Waals surface area contributed by atoms with Crippen molar-refractivity contribution in [2.45, 2.75) is 31.1 Å². The molecule has 27 heavy (non-hydrogen) atoms. The molecule has 1 amide bonds. The number of nitrogens with zero attached hydrogens (tertiary/aromatic N) is 2.